The smallest absolute Gasteiger partial charge is 0.164 e. The first-order valence-electron chi connectivity index (χ1n) is 5.44. The van der Waals surface area contributed by atoms with Gasteiger partial charge in [-0.25, -0.2) is 8.78 Å². The summed E-state index contributed by atoms with van der Waals surface area (Å²) >= 11 is 2.18. The van der Waals surface area contributed by atoms with Crippen molar-refractivity contribution >= 4 is 22.6 Å². The third kappa shape index (κ3) is 3.05. The molecule has 1 nitrogen and oxygen atoms in total. The third-order valence-electron chi connectivity index (χ3n) is 2.68. The first-order chi connectivity index (χ1) is 8.58. The van der Waals surface area contributed by atoms with Gasteiger partial charge in [-0.1, -0.05) is 24.3 Å². The fourth-order valence-electron chi connectivity index (χ4n) is 1.73. The number of rotatable bonds is 3. The van der Waals surface area contributed by atoms with Crippen molar-refractivity contribution < 1.29 is 13.9 Å². The van der Waals surface area contributed by atoms with Gasteiger partial charge < -0.3 is 5.11 Å². The van der Waals surface area contributed by atoms with E-state index >= 15 is 0 Å². The number of halogens is 3. The summed E-state index contributed by atoms with van der Waals surface area (Å²) in [5.41, 5.74) is 0.875. The van der Waals surface area contributed by atoms with Gasteiger partial charge in [0.15, 0.2) is 11.6 Å². The average Bonchev–Trinajstić information content (AvgIpc) is 2.35. The van der Waals surface area contributed by atoms with Crippen LogP contribution in [0.1, 0.15) is 17.2 Å². The molecule has 0 aromatic heterocycles. The van der Waals surface area contributed by atoms with Gasteiger partial charge >= 0.3 is 0 Å². The van der Waals surface area contributed by atoms with Crippen molar-refractivity contribution in [1.29, 1.82) is 0 Å². The van der Waals surface area contributed by atoms with Gasteiger partial charge in [0.2, 0.25) is 0 Å². The molecule has 2 rings (SSSR count). The van der Waals surface area contributed by atoms with Crippen LogP contribution >= 0.6 is 22.6 Å². The van der Waals surface area contributed by atoms with E-state index in [2.05, 4.69) is 22.6 Å². The van der Waals surface area contributed by atoms with Crippen LogP contribution in [0, 0.1) is 15.2 Å². The minimum atomic E-state index is -1.04. The van der Waals surface area contributed by atoms with E-state index in [1.165, 1.54) is 12.1 Å². The van der Waals surface area contributed by atoms with Crippen molar-refractivity contribution in [2.75, 3.05) is 0 Å². The van der Waals surface area contributed by atoms with Crippen molar-refractivity contribution in [3.63, 3.8) is 0 Å². The van der Waals surface area contributed by atoms with Crippen LogP contribution < -0.4 is 0 Å². The number of aliphatic hydroxyl groups is 1. The largest absolute Gasteiger partial charge is 0.388 e. The maximum absolute atomic E-state index is 13.5. The third-order valence-corrected chi connectivity index (χ3v) is 3.40. The molecule has 0 fully saturated rings. The van der Waals surface area contributed by atoms with Gasteiger partial charge in [-0.3, -0.25) is 0 Å². The van der Waals surface area contributed by atoms with E-state index in [9.17, 15) is 13.9 Å². The number of benzene rings is 2. The van der Waals surface area contributed by atoms with Gasteiger partial charge in [0.25, 0.3) is 0 Å². The number of hydrogen-bond donors (Lipinski definition) is 1. The van der Waals surface area contributed by atoms with E-state index in [-0.39, 0.29) is 12.0 Å². The van der Waals surface area contributed by atoms with Crippen molar-refractivity contribution in [3.05, 3.63) is 68.8 Å². The molecule has 1 atom stereocenters. The fraction of sp³-hybridized carbons (Fsp3) is 0.143. The summed E-state index contributed by atoms with van der Waals surface area (Å²) in [7, 11) is 0. The van der Waals surface area contributed by atoms with Crippen LogP contribution in [0.2, 0.25) is 0 Å². The van der Waals surface area contributed by atoms with Crippen LogP contribution in [0.5, 0.6) is 0 Å². The maximum Gasteiger partial charge on any atom is 0.164 e. The van der Waals surface area contributed by atoms with Gasteiger partial charge in [0.05, 0.1) is 6.10 Å². The molecule has 0 aliphatic heterocycles. The zero-order chi connectivity index (χ0) is 13.1. The van der Waals surface area contributed by atoms with Crippen molar-refractivity contribution in [2.45, 2.75) is 12.5 Å². The van der Waals surface area contributed by atoms with E-state index in [1.54, 1.807) is 0 Å². The quantitative estimate of drug-likeness (QED) is 0.825. The minimum absolute atomic E-state index is 0.00597. The highest BCUT2D eigenvalue weighted by molar-refractivity contribution is 14.1. The number of hydrogen-bond acceptors (Lipinski definition) is 1. The topological polar surface area (TPSA) is 20.2 Å². The Morgan fingerprint density at radius 3 is 2.39 bits per heavy atom. The van der Waals surface area contributed by atoms with Crippen molar-refractivity contribution in [2.24, 2.45) is 0 Å². The molecule has 0 saturated carbocycles. The molecule has 2 aromatic carbocycles. The first kappa shape index (κ1) is 13.4. The molecule has 2 aromatic rings. The highest BCUT2D eigenvalue weighted by Gasteiger charge is 2.16. The Kier molecular flexibility index (Phi) is 4.29. The van der Waals surface area contributed by atoms with Crippen LogP contribution in [-0.2, 0) is 6.42 Å². The molecule has 1 N–H and O–H groups in total. The van der Waals surface area contributed by atoms with Gasteiger partial charge in [-0.2, -0.15) is 0 Å². The normalized spacial score (nSPS) is 12.4. The molecule has 0 saturated heterocycles. The average molecular weight is 360 g/mol. The molecule has 0 bridgehead atoms. The summed E-state index contributed by atoms with van der Waals surface area (Å²) in [6.45, 7) is 0. The second-order valence-corrected chi connectivity index (χ2v) is 5.24. The molecule has 0 heterocycles. The molecule has 0 amide bonds. The molecular weight excluding hydrogens is 349 g/mol. The summed E-state index contributed by atoms with van der Waals surface area (Å²) in [5.74, 6) is -1.91. The lowest BCUT2D eigenvalue weighted by Gasteiger charge is -2.12. The number of aliphatic hydroxyl groups excluding tert-OH is 1. The van der Waals surface area contributed by atoms with Gasteiger partial charge in [-0.15, -0.1) is 0 Å². The van der Waals surface area contributed by atoms with Gasteiger partial charge in [0, 0.05) is 15.6 Å². The zero-order valence-electron chi connectivity index (χ0n) is 9.41. The molecule has 1 unspecified atom stereocenters. The Labute approximate surface area is 118 Å². The maximum atomic E-state index is 13.5. The van der Waals surface area contributed by atoms with Crippen LogP contribution in [0.4, 0.5) is 8.78 Å². The predicted octanol–water partition coefficient (Wildman–Crippen LogP) is 3.85. The van der Waals surface area contributed by atoms with E-state index in [4.69, 9.17) is 0 Å². The van der Waals surface area contributed by atoms with Crippen molar-refractivity contribution in [1.82, 2.24) is 0 Å². The Balaban J connectivity index is 2.19. The molecule has 4 heteroatoms. The van der Waals surface area contributed by atoms with E-state index in [0.717, 1.165) is 15.2 Å². The molecule has 94 valence electrons. The standard InChI is InChI=1S/C14H11F2IO/c15-12-3-1-2-11(14(12)16)13(18)8-9-4-6-10(17)7-5-9/h1-7,13,18H,8H2. The lowest BCUT2D eigenvalue weighted by molar-refractivity contribution is 0.172. The Morgan fingerprint density at radius 2 is 1.72 bits per heavy atom. The van der Waals surface area contributed by atoms with Gasteiger partial charge in [-0.05, 0) is 46.4 Å². The van der Waals surface area contributed by atoms with Crippen LogP contribution in [0.25, 0.3) is 0 Å². The summed E-state index contributed by atoms with van der Waals surface area (Å²) in [4.78, 5) is 0. The summed E-state index contributed by atoms with van der Waals surface area (Å²) in [5, 5.41) is 9.94. The summed E-state index contributed by atoms with van der Waals surface area (Å²) in [6, 6.07) is 11.4. The lowest BCUT2D eigenvalue weighted by Crippen LogP contribution is -2.05. The Morgan fingerprint density at radius 1 is 1.06 bits per heavy atom. The Hall–Kier alpha value is -1.01. The molecule has 0 radical (unpaired) electrons. The van der Waals surface area contributed by atoms with Crippen LogP contribution in [0.3, 0.4) is 0 Å². The van der Waals surface area contributed by atoms with Crippen LogP contribution in [-0.4, -0.2) is 5.11 Å². The summed E-state index contributed by atoms with van der Waals surface area (Å²) in [6.07, 6.45) is -0.780. The predicted molar refractivity (Wildman–Crippen MR) is 74.2 cm³/mol. The van der Waals surface area contributed by atoms with E-state index < -0.39 is 17.7 Å². The minimum Gasteiger partial charge on any atom is -0.388 e. The fourth-order valence-corrected chi connectivity index (χ4v) is 2.09. The molecule has 0 spiro atoms. The lowest BCUT2D eigenvalue weighted by atomic mass is 10.0. The van der Waals surface area contributed by atoms with Crippen molar-refractivity contribution in [3.8, 4) is 0 Å². The van der Waals surface area contributed by atoms with Crippen LogP contribution in [0.15, 0.2) is 42.5 Å². The zero-order valence-corrected chi connectivity index (χ0v) is 11.6. The molecule has 0 aliphatic carbocycles. The monoisotopic (exact) mass is 360 g/mol. The van der Waals surface area contributed by atoms with E-state index in [0.29, 0.717) is 0 Å². The van der Waals surface area contributed by atoms with E-state index in [1.807, 2.05) is 24.3 Å². The second-order valence-electron chi connectivity index (χ2n) is 3.99. The SMILES string of the molecule is OC(Cc1ccc(I)cc1)c1cccc(F)c1F. The highest BCUT2D eigenvalue weighted by Crippen LogP contribution is 2.23. The molecule has 18 heavy (non-hydrogen) atoms. The second kappa shape index (κ2) is 5.75. The summed E-state index contributed by atoms with van der Waals surface area (Å²) < 4.78 is 27.6. The molecule has 0 aliphatic rings. The molecular formula is C14H11F2IO. The Bertz CT molecular complexity index is 540. The first-order valence-corrected chi connectivity index (χ1v) is 6.52. The highest BCUT2D eigenvalue weighted by atomic mass is 127. The van der Waals surface area contributed by atoms with Gasteiger partial charge in [0.1, 0.15) is 0 Å².